The largest absolute Gasteiger partial charge is 0.305 e. The van der Waals surface area contributed by atoms with Crippen molar-refractivity contribution in [2.75, 3.05) is 6.54 Å². The monoisotopic (exact) mass is 277 g/mol. The molecule has 0 spiro atoms. The van der Waals surface area contributed by atoms with E-state index in [-0.39, 0.29) is 6.04 Å². The highest BCUT2D eigenvalue weighted by Crippen LogP contribution is 2.24. The zero-order chi connectivity index (χ0) is 13.7. The van der Waals surface area contributed by atoms with Crippen LogP contribution in [-0.2, 0) is 6.54 Å². The molecule has 0 aliphatic heterocycles. The van der Waals surface area contributed by atoms with Crippen LogP contribution in [0.5, 0.6) is 0 Å². The second-order valence-electron chi connectivity index (χ2n) is 4.51. The molecule has 102 valence electrons. The predicted octanol–water partition coefficient (Wildman–Crippen LogP) is 3.65. The molecule has 4 heteroatoms. The molecule has 0 aliphatic rings. The molecule has 1 heterocycles. The van der Waals surface area contributed by atoms with Crippen LogP contribution >= 0.6 is 11.6 Å². The predicted molar refractivity (Wildman–Crippen MR) is 79.5 cm³/mol. The Kier molecular flexibility index (Phi) is 5.00. The summed E-state index contributed by atoms with van der Waals surface area (Å²) in [4.78, 5) is 0. The van der Waals surface area contributed by atoms with E-state index in [4.69, 9.17) is 11.6 Å². The third-order valence-corrected chi connectivity index (χ3v) is 3.36. The normalized spacial score (nSPS) is 12.6. The number of halogens is 1. The van der Waals surface area contributed by atoms with Gasteiger partial charge < -0.3 is 5.32 Å². The lowest BCUT2D eigenvalue weighted by molar-refractivity contribution is 0.530. The van der Waals surface area contributed by atoms with Crippen LogP contribution in [0.2, 0.25) is 5.02 Å². The Morgan fingerprint density at radius 3 is 2.84 bits per heavy atom. The van der Waals surface area contributed by atoms with E-state index < -0.39 is 0 Å². The Bertz CT molecular complexity index is 522. The van der Waals surface area contributed by atoms with Gasteiger partial charge in [0.05, 0.1) is 11.7 Å². The number of hydrogen-bond acceptors (Lipinski definition) is 2. The molecular weight excluding hydrogens is 258 g/mol. The summed E-state index contributed by atoms with van der Waals surface area (Å²) in [5.41, 5.74) is 2.36. The zero-order valence-electron chi connectivity index (χ0n) is 11.4. The standard InChI is InChI=1S/C15H20ClN3/c1-3-9-17-15(12-6-5-7-13(16)11-12)14-8-10-18-19(14)4-2/h5-8,10-11,15,17H,3-4,9H2,1-2H3. The summed E-state index contributed by atoms with van der Waals surface area (Å²) < 4.78 is 2.02. The Hall–Kier alpha value is -1.32. The minimum absolute atomic E-state index is 0.140. The molecule has 1 aromatic carbocycles. The molecule has 1 unspecified atom stereocenters. The molecule has 1 atom stereocenters. The molecule has 0 saturated heterocycles. The molecule has 0 bridgehead atoms. The first-order valence-electron chi connectivity index (χ1n) is 6.76. The van der Waals surface area contributed by atoms with Crippen LogP contribution in [0.15, 0.2) is 36.5 Å². The molecule has 0 radical (unpaired) electrons. The van der Waals surface area contributed by atoms with Crippen molar-refractivity contribution in [1.29, 1.82) is 0 Å². The summed E-state index contributed by atoms with van der Waals surface area (Å²) in [5.74, 6) is 0. The molecule has 3 nitrogen and oxygen atoms in total. The van der Waals surface area contributed by atoms with Crippen LogP contribution < -0.4 is 5.32 Å². The maximum atomic E-state index is 6.11. The van der Waals surface area contributed by atoms with E-state index in [1.807, 2.05) is 29.1 Å². The molecule has 19 heavy (non-hydrogen) atoms. The van der Waals surface area contributed by atoms with Gasteiger partial charge in [0.25, 0.3) is 0 Å². The van der Waals surface area contributed by atoms with Crippen LogP contribution in [0.3, 0.4) is 0 Å². The number of hydrogen-bond donors (Lipinski definition) is 1. The van der Waals surface area contributed by atoms with E-state index in [0.29, 0.717) is 0 Å². The van der Waals surface area contributed by atoms with Gasteiger partial charge in [0.2, 0.25) is 0 Å². The maximum absolute atomic E-state index is 6.11. The Balaban J connectivity index is 2.35. The van der Waals surface area contributed by atoms with Gasteiger partial charge in [-0.3, -0.25) is 4.68 Å². The van der Waals surface area contributed by atoms with Crippen molar-refractivity contribution in [2.24, 2.45) is 0 Å². The molecule has 1 N–H and O–H groups in total. The lowest BCUT2D eigenvalue weighted by Crippen LogP contribution is -2.25. The molecule has 1 aromatic heterocycles. The van der Waals surface area contributed by atoms with Crippen molar-refractivity contribution in [1.82, 2.24) is 15.1 Å². The van der Waals surface area contributed by atoms with Crippen molar-refractivity contribution in [3.05, 3.63) is 52.8 Å². The van der Waals surface area contributed by atoms with E-state index in [1.54, 1.807) is 0 Å². The van der Waals surface area contributed by atoms with Crippen molar-refractivity contribution < 1.29 is 0 Å². The van der Waals surface area contributed by atoms with Gasteiger partial charge in [-0.1, -0.05) is 30.7 Å². The van der Waals surface area contributed by atoms with Gasteiger partial charge in [-0.05, 0) is 43.7 Å². The van der Waals surface area contributed by atoms with Gasteiger partial charge in [0, 0.05) is 17.8 Å². The lowest BCUT2D eigenvalue weighted by atomic mass is 10.0. The minimum atomic E-state index is 0.140. The first-order valence-corrected chi connectivity index (χ1v) is 7.14. The van der Waals surface area contributed by atoms with Crippen molar-refractivity contribution in [3.8, 4) is 0 Å². The fourth-order valence-corrected chi connectivity index (χ4v) is 2.42. The quantitative estimate of drug-likeness (QED) is 0.874. The second-order valence-corrected chi connectivity index (χ2v) is 4.95. The van der Waals surface area contributed by atoms with Crippen molar-refractivity contribution >= 4 is 11.6 Å². The summed E-state index contributed by atoms with van der Waals surface area (Å²) in [5, 5.41) is 8.69. The van der Waals surface area contributed by atoms with E-state index in [2.05, 4.69) is 36.4 Å². The smallest absolute Gasteiger partial charge is 0.0748 e. The maximum Gasteiger partial charge on any atom is 0.0748 e. The van der Waals surface area contributed by atoms with Gasteiger partial charge in [0.1, 0.15) is 0 Å². The highest BCUT2D eigenvalue weighted by molar-refractivity contribution is 6.30. The number of benzene rings is 1. The Labute approximate surface area is 119 Å². The van der Waals surface area contributed by atoms with Gasteiger partial charge in [0.15, 0.2) is 0 Å². The van der Waals surface area contributed by atoms with Crippen LogP contribution in [0, 0.1) is 0 Å². The van der Waals surface area contributed by atoms with E-state index >= 15 is 0 Å². The third kappa shape index (κ3) is 3.37. The second kappa shape index (κ2) is 6.73. The van der Waals surface area contributed by atoms with Gasteiger partial charge in [-0.25, -0.2) is 0 Å². The van der Waals surface area contributed by atoms with E-state index in [1.165, 1.54) is 11.3 Å². The van der Waals surface area contributed by atoms with Crippen LogP contribution in [0.25, 0.3) is 0 Å². The summed E-state index contributed by atoms with van der Waals surface area (Å²) in [6.45, 7) is 6.10. The number of nitrogens with zero attached hydrogens (tertiary/aromatic N) is 2. The zero-order valence-corrected chi connectivity index (χ0v) is 12.2. The summed E-state index contributed by atoms with van der Waals surface area (Å²) in [7, 11) is 0. The van der Waals surface area contributed by atoms with Crippen LogP contribution in [0.4, 0.5) is 0 Å². The van der Waals surface area contributed by atoms with E-state index in [0.717, 1.165) is 24.5 Å². The first kappa shape index (κ1) is 14.1. The number of nitrogens with one attached hydrogen (secondary N) is 1. The highest BCUT2D eigenvalue weighted by Gasteiger charge is 2.17. The molecule has 0 aliphatic carbocycles. The highest BCUT2D eigenvalue weighted by atomic mass is 35.5. The third-order valence-electron chi connectivity index (χ3n) is 3.13. The van der Waals surface area contributed by atoms with Crippen LogP contribution in [-0.4, -0.2) is 16.3 Å². The minimum Gasteiger partial charge on any atom is -0.305 e. The molecule has 0 fully saturated rings. The van der Waals surface area contributed by atoms with Gasteiger partial charge >= 0.3 is 0 Å². The molecule has 0 amide bonds. The molecule has 2 rings (SSSR count). The number of aromatic nitrogens is 2. The van der Waals surface area contributed by atoms with Crippen molar-refractivity contribution in [3.63, 3.8) is 0 Å². The topological polar surface area (TPSA) is 29.9 Å². The SMILES string of the molecule is CCCNC(c1cccc(Cl)c1)c1ccnn1CC. The fraction of sp³-hybridized carbons (Fsp3) is 0.400. The van der Waals surface area contributed by atoms with Gasteiger partial charge in [-0.2, -0.15) is 5.10 Å². The molecular formula is C15H20ClN3. The van der Waals surface area contributed by atoms with Crippen molar-refractivity contribution in [2.45, 2.75) is 32.9 Å². The fourth-order valence-electron chi connectivity index (χ4n) is 2.22. The summed E-state index contributed by atoms with van der Waals surface area (Å²) in [6, 6.07) is 10.2. The van der Waals surface area contributed by atoms with E-state index in [9.17, 15) is 0 Å². The lowest BCUT2D eigenvalue weighted by Gasteiger charge is -2.20. The summed E-state index contributed by atoms with van der Waals surface area (Å²) >= 11 is 6.11. The number of rotatable bonds is 6. The van der Waals surface area contributed by atoms with Gasteiger partial charge in [-0.15, -0.1) is 0 Å². The average molecular weight is 278 g/mol. The Morgan fingerprint density at radius 1 is 1.32 bits per heavy atom. The number of aryl methyl sites for hydroxylation is 1. The van der Waals surface area contributed by atoms with Crippen LogP contribution in [0.1, 0.15) is 37.6 Å². The molecule has 2 aromatic rings. The first-order chi connectivity index (χ1) is 9.26. The summed E-state index contributed by atoms with van der Waals surface area (Å²) in [6.07, 6.45) is 2.95. The Morgan fingerprint density at radius 2 is 2.16 bits per heavy atom. The average Bonchev–Trinajstić information content (AvgIpc) is 2.88. The molecule has 0 saturated carbocycles.